The summed E-state index contributed by atoms with van der Waals surface area (Å²) in [4.78, 5) is 18.4. The zero-order valence-corrected chi connectivity index (χ0v) is 13.3. The molecule has 1 amide bonds. The first-order valence-electron chi connectivity index (χ1n) is 7.56. The summed E-state index contributed by atoms with van der Waals surface area (Å²) in [6.45, 7) is 0.992. The van der Waals surface area contributed by atoms with Gasteiger partial charge in [-0.05, 0) is 48.6 Å². The van der Waals surface area contributed by atoms with E-state index in [9.17, 15) is 4.79 Å². The molecule has 0 aliphatic carbocycles. The van der Waals surface area contributed by atoms with E-state index >= 15 is 0 Å². The van der Waals surface area contributed by atoms with Gasteiger partial charge in [-0.25, -0.2) is 0 Å². The summed E-state index contributed by atoms with van der Waals surface area (Å²) in [7, 11) is 1.65. The van der Waals surface area contributed by atoms with Crippen LogP contribution in [0.1, 0.15) is 23.9 Å². The van der Waals surface area contributed by atoms with Crippen LogP contribution in [-0.2, 0) is 4.79 Å². The van der Waals surface area contributed by atoms with Crippen LogP contribution in [0, 0.1) is 0 Å². The maximum absolute atomic E-state index is 12.9. The highest BCUT2D eigenvalue weighted by atomic mass is 32.1. The van der Waals surface area contributed by atoms with Crippen molar-refractivity contribution in [2.75, 3.05) is 18.6 Å². The molecule has 1 aromatic carbocycles. The molecule has 5 heteroatoms. The van der Waals surface area contributed by atoms with Gasteiger partial charge in [-0.3, -0.25) is 14.6 Å². The molecule has 0 unspecified atom stereocenters. The molecule has 3 heterocycles. The Morgan fingerprint density at radius 3 is 2.73 bits per heavy atom. The third-order valence-electron chi connectivity index (χ3n) is 4.52. The monoisotopic (exact) mass is 314 g/mol. The van der Waals surface area contributed by atoms with E-state index in [1.807, 2.05) is 29.2 Å². The van der Waals surface area contributed by atoms with E-state index < -0.39 is 0 Å². The second-order valence-corrected chi connectivity index (χ2v) is 6.67. The molecule has 2 aliphatic heterocycles. The summed E-state index contributed by atoms with van der Waals surface area (Å²) in [5, 5.41) is 2.08. The Bertz CT molecular complexity index is 668. The van der Waals surface area contributed by atoms with E-state index in [1.165, 1.54) is 4.88 Å². The zero-order chi connectivity index (χ0) is 15.1. The maximum Gasteiger partial charge on any atom is 0.246 e. The molecule has 2 aromatic rings. The predicted octanol–water partition coefficient (Wildman–Crippen LogP) is 3.27. The third kappa shape index (κ3) is 2.04. The van der Waals surface area contributed by atoms with Crippen molar-refractivity contribution in [2.24, 2.45) is 0 Å². The number of benzene rings is 1. The molecule has 2 aliphatic rings. The molecule has 0 saturated carbocycles. The number of hydrogen-bond acceptors (Lipinski definition) is 4. The molecule has 0 N–H and O–H groups in total. The van der Waals surface area contributed by atoms with Gasteiger partial charge in [-0.2, -0.15) is 0 Å². The fourth-order valence-corrected chi connectivity index (χ4v) is 4.35. The highest BCUT2D eigenvalue weighted by Crippen LogP contribution is 2.43. The molecule has 0 radical (unpaired) electrons. The minimum absolute atomic E-state index is 0.0356. The molecule has 0 spiro atoms. The van der Waals surface area contributed by atoms with Crippen LogP contribution < -0.4 is 9.64 Å². The molecular weight excluding hydrogens is 296 g/mol. The van der Waals surface area contributed by atoms with Crippen LogP contribution in [0.3, 0.4) is 0 Å². The van der Waals surface area contributed by atoms with E-state index in [4.69, 9.17) is 4.74 Å². The molecular formula is C17H18N2O2S. The lowest BCUT2D eigenvalue weighted by Gasteiger charge is -2.28. The first-order chi connectivity index (χ1) is 10.8. The van der Waals surface area contributed by atoms with Crippen LogP contribution in [-0.4, -0.2) is 30.5 Å². The van der Waals surface area contributed by atoms with Gasteiger partial charge in [-0.15, -0.1) is 11.3 Å². The van der Waals surface area contributed by atoms with Crippen molar-refractivity contribution >= 4 is 22.9 Å². The largest absolute Gasteiger partial charge is 0.497 e. The van der Waals surface area contributed by atoms with Gasteiger partial charge in [0.25, 0.3) is 0 Å². The number of carbonyl (C=O) groups is 1. The molecule has 4 rings (SSSR count). The van der Waals surface area contributed by atoms with Crippen LogP contribution in [0.25, 0.3) is 0 Å². The van der Waals surface area contributed by atoms with Crippen molar-refractivity contribution in [3.05, 3.63) is 46.7 Å². The Morgan fingerprint density at radius 1 is 1.23 bits per heavy atom. The number of carbonyl (C=O) groups excluding carboxylic acids is 1. The van der Waals surface area contributed by atoms with E-state index in [2.05, 4.69) is 22.4 Å². The van der Waals surface area contributed by atoms with Gasteiger partial charge < -0.3 is 4.74 Å². The first-order valence-corrected chi connectivity index (χ1v) is 8.44. The molecule has 0 bridgehead atoms. The SMILES string of the molecule is COc1ccc(N2C(=O)[C@@H]3CCCN3[C@H]2c2cccs2)cc1. The van der Waals surface area contributed by atoms with Gasteiger partial charge >= 0.3 is 0 Å². The molecule has 2 saturated heterocycles. The smallest absolute Gasteiger partial charge is 0.246 e. The highest BCUT2D eigenvalue weighted by molar-refractivity contribution is 7.10. The topological polar surface area (TPSA) is 32.8 Å². The first kappa shape index (κ1) is 13.8. The zero-order valence-electron chi connectivity index (χ0n) is 12.4. The Kier molecular flexibility index (Phi) is 3.39. The number of amides is 1. The predicted molar refractivity (Wildman–Crippen MR) is 87.3 cm³/mol. The van der Waals surface area contributed by atoms with Crippen LogP contribution in [0.2, 0.25) is 0 Å². The van der Waals surface area contributed by atoms with Gasteiger partial charge in [0.05, 0.1) is 13.2 Å². The van der Waals surface area contributed by atoms with E-state index in [1.54, 1.807) is 18.4 Å². The second-order valence-electron chi connectivity index (χ2n) is 5.69. The normalized spacial score (nSPS) is 24.8. The van der Waals surface area contributed by atoms with Crippen LogP contribution >= 0.6 is 11.3 Å². The Labute approximate surface area is 133 Å². The van der Waals surface area contributed by atoms with Gasteiger partial charge in [0.2, 0.25) is 5.91 Å². The van der Waals surface area contributed by atoms with Crippen molar-refractivity contribution in [3.8, 4) is 5.75 Å². The summed E-state index contributed by atoms with van der Waals surface area (Å²) in [6.07, 6.45) is 2.11. The van der Waals surface area contributed by atoms with Crippen molar-refractivity contribution in [1.29, 1.82) is 0 Å². The summed E-state index contributed by atoms with van der Waals surface area (Å²) in [6, 6.07) is 12.0. The summed E-state index contributed by atoms with van der Waals surface area (Å²) in [5.41, 5.74) is 0.943. The average molecular weight is 314 g/mol. The van der Waals surface area contributed by atoms with Gasteiger partial charge in [0, 0.05) is 17.1 Å². The summed E-state index contributed by atoms with van der Waals surface area (Å²) in [5.74, 6) is 1.03. The number of fused-ring (bicyclic) bond motifs is 1. The van der Waals surface area contributed by atoms with E-state index in [0.717, 1.165) is 30.8 Å². The minimum atomic E-state index is 0.0356. The number of thiophene rings is 1. The third-order valence-corrected chi connectivity index (χ3v) is 5.44. The average Bonchev–Trinajstić information content (AvgIpc) is 3.26. The van der Waals surface area contributed by atoms with Crippen LogP contribution in [0.15, 0.2) is 41.8 Å². The maximum atomic E-state index is 12.9. The molecule has 2 fully saturated rings. The number of ether oxygens (including phenoxy) is 1. The number of nitrogens with zero attached hydrogens (tertiary/aromatic N) is 2. The van der Waals surface area contributed by atoms with Crippen LogP contribution in [0.4, 0.5) is 5.69 Å². The lowest BCUT2D eigenvalue weighted by molar-refractivity contribution is -0.119. The Hall–Kier alpha value is -1.85. The Balaban J connectivity index is 1.76. The lowest BCUT2D eigenvalue weighted by Crippen LogP contribution is -2.31. The highest BCUT2D eigenvalue weighted by Gasteiger charge is 2.49. The number of rotatable bonds is 3. The number of hydrogen-bond donors (Lipinski definition) is 0. The summed E-state index contributed by atoms with van der Waals surface area (Å²) < 4.78 is 5.22. The van der Waals surface area contributed by atoms with Crippen molar-refractivity contribution in [2.45, 2.75) is 25.0 Å². The second kappa shape index (κ2) is 5.41. The molecule has 114 valence electrons. The standard InChI is InChI=1S/C17H18N2O2S/c1-21-13-8-6-12(7-9-13)19-16(15-5-3-11-22-15)18-10-2-4-14(18)17(19)20/h3,5-9,11,14,16H,2,4,10H2,1H3/t14-,16+/m0/s1. The lowest BCUT2D eigenvalue weighted by atomic mass is 10.2. The fraction of sp³-hybridized carbons (Fsp3) is 0.353. The number of anilines is 1. The fourth-order valence-electron chi connectivity index (χ4n) is 3.52. The minimum Gasteiger partial charge on any atom is -0.497 e. The molecule has 2 atom stereocenters. The van der Waals surface area contributed by atoms with Crippen molar-refractivity contribution < 1.29 is 9.53 Å². The van der Waals surface area contributed by atoms with Crippen molar-refractivity contribution in [3.63, 3.8) is 0 Å². The van der Waals surface area contributed by atoms with Crippen LogP contribution in [0.5, 0.6) is 5.75 Å². The van der Waals surface area contributed by atoms with Gasteiger partial charge in [0.15, 0.2) is 0 Å². The number of methoxy groups -OCH3 is 1. The van der Waals surface area contributed by atoms with E-state index in [-0.39, 0.29) is 18.1 Å². The van der Waals surface area contributed by atoms with Crippen molar-refractivity contribution in [1.82, 2.24) is 4.90 Å². The Morgan fingerprint density at radius 2 is 2.05 bits per heavy atom. The summed E-state index contributed by atoms with van der Waals surface area (Å²) >= 11 is 1.72. The molecule has 22 heavy (non-hydrogen) atoms. The van der Waals surface area contributed by atoms with Gasteiger partial charge in [0.1, 0.15) is 11.9 Å². The van der Waals surface area contributed by atoms with Gasteiger partial charge in [-0.1, -0.05) is 6.07 Å². The van der Waals surface area contributed by atoms with E-state index in [0.29, 0.717) is 0 Å². The quantitative estimate of drug-likeness (QED) is 0.872. The molecule has 4 nitrogen and oxygen atoms in total. The molecule has 1 aromatic heterocycles.